The Labute approximate surface area is 106 Å². The predicted octanol–water partition coefficient (Wildman–Crippen LogP) is 3.01. The molecule has 0 amide bonds. The first-order valence-corrected chi connectivity index (χ1v) is 5.16. The van der Waals surface area contributed by atoms with Gasteiger partial charge in [-0.2, -0.15) is 0 Å². The van der Waals surface area contributed by atoms with Crippen LogP contribution in [0.5, 0.6) is 5.75 Å². The van der Waals surface area contributed by atoms with Crippen LogP contribution in [0, 0.1) is 3.57 Å². The van der Waals surface area contributed by atoms with E-state index in [1.807, 2.05) is 0 Å². The van der Waals surface area contributed by atoms with Crippen LogP contribution < -0.4 is 4.74 Å². The molecule has 0 aliphatic heterocycles. The van der Waals surface area contributed by atoms with Gasteiger partial charge in [-0.1, -0.05) is 0 Å². The van der Waals surface area contributed by atoms with Gasteiger partial charge in [-0.25, -0.2) is 13.8 Å². The maximum atomic E-state index is 12.5. The molecular formula is C8H5F5INO2. The van der Waals surface area contributed by atoms with Crippen LogP contribution in [0.3, 0.4) is 0 Å². The molecule has 0 aromatic carbocycles. The molecule has 1 N–H and O–H groups in total. The third-order valence-corrected chi connectivity index (χ3v) is 2.68. The third kappa shape index (κ3) is 3.91. The normalized spacial score (nSPS) is 12.0. The van der Waals surface area contributed by atoms with Crippen LogP contribution in [0.25, 0.3) is 0 Å². The number of rotatable bonds is 3. The smallest absolute Gasteiger partial charge is 0.405 e. The SMILES string of the molecule is OCc1cc(OC(F)(F)F)c(I)c(C(F)F)n1. The van der Waals surface area contributed by atoms with Gasteiger partial charge in [-0.15, -0.1) is 13.2 Å². The van der Waals surface area contributed by atoms with E-state index in [-0.39, 0.29) is 5.69 Å². The van der Waals surface area contributed by atoms with Crippen LogP contribution in [0.15, 0.2) is 6.07 Å². The number of pyridine rings is 1. The Balaban J connectivity index is 3.24. The number of ether oxygens (including phenoxy) is 1. The van der Waals surface area contributed by atoms with Gasteiger partial charge in [0.15, 0.2) is 0 Å². The second-order valence-corrected chi connectivity index (χ2v) is 3.90. The highest BCUT2D eigenvalue weighted by atomic mass is 127. The molecule has 0 aliphatic carbocycles. The number of alkyl halides is 5. The fraction of sp³-hybridized carbons (Fsp3) is 0.375. The van der Waals surface area contributed by atoms with Crippen molar-refractivity contribution in [1.29, 1.82) is 0 Å². The number of hydrogen-bond donors (Lipinski definition) is 1. The van der Waals surface area contributed by atoms with E-state index in [0.717, 1.165) is 6.07 Å². The molecule has 0 radical (unpaired) electrons. The van der Waals surface area contributed by atoms with Gasteiger partial charge in [0.1, 0.15) is 11.4 Å². The zero-order valence-electron chi connectivity index (χ0n) is 7.93. The summed E-state index contributed by atoms with van der Waals surface area (Å²) < 4.78 is 64.1. The fourth-order valence-corrected chi connectivity index (χ4v) is 1.62. The molecule has 0 spiro atoms. The summed E-state index contributed by atoms with van der Waals surface area (Å²) in [7, 11) is 0. The van der Waals surface area contributed by atoms with Gasteiger partial charge >= 0.3 is 6.36 Å². The quantitative estimate of drug-likeness (QED) is 0.658. The standard InChI is InChI=1S/C8H5F5INO2/c9-7(10)6-5(14)4(17-8(11,12)13)1-3(2-16)15-6/h1,7,16H,2H2. The number of nitrogens with zero attached hydrogens (tertiary/aromatic N) is 1. The Morgan fingerprint density at radius 3 is 2.41 bits per heavy atom. The lowest BCUT2D eigenvalue weighted by molar-refractivity contribution is -0.275. The summed E-state index contributed by atoms with van der Waals surface area (Å²) in [5.74, 6) is -0.799. The third-order valence-electron chi connectivity index (χ3n) is 1.60. The van der Waals surface area contributed by atoms with Crippen LogP contribution >= 0.6 is 22.6 Å². The molecular weight excluding hydrogens is 364 g/mol. The summed E-state index contributed by atoms with van der Waals surface area (Å²) in [6.07, 6.45) is -8.04. The average molecular weight is 369 g/mol. The molecule has 0 aliphatic rings. The van der Waals surface area contributed by atoms with E-state index in [9.17, 15) is 22.0 Å². The Kier molecular flexibility index (Phi) is 4.47. The summed E-state index contributed by atoms with van der Waals surface area (Å²) in [5, 5.41) is 8.71. The Morgan fingerprint density at radius 2 is 2.00 bits per heavy atom. The average Bonchev–Trinajstić information content (AvgIpc) is 2.18. The topological polar surface area (TPSA) is 42.4 Å². The Hall–Kier alpha value is -0.710. The van der Waals surface area contributed by atoms with Crippen LogP contribution in [0.2, 0.25) is 0 Å². The minimum absolute atomic E-state index is 0.319. The maximum Gasteiger partial charge on any atom is 0.573 e. The molecule has 0 bridgehead atoms. The van der Waals surface area contributed by atoms with Gasteiger partial charge in [0, 0.05) is 6.07 Å². The predicted molar refractivity (Wildman–Crippen MR) is 54.5 cm³/mol. The lowest BCUT2D eigenvalue weighted by Crippen LogP contribution is -2.19. The van der Waals surface area contributed by atoms with Crippen LogP contribution in [-0.2, 0) is 6.61 Å². The van der Waals surface area contributed by atoms with E-state index >= 15 is 0 Å². The fourth-order valence-electron chi connectivity index (χ4n) is 1.00. The van der Waals surface area contributed by atoms with Gasteiger partial charge < -0.3 is 9.84 Å². The van der Waals surface area contributed by atoms with E-state index in [2.05, 4.69) is 9.72 Å². The van der Waals surface area contributed by atoms with Gasteiger partial charge in [0.05, 0.1) is 15.9 Å². The lowest BCUT2D eigenvalue weighted by Gasteiger charge is -2.13. The van der Waals surface area contributed by atoms with E-state index in [0.29, 0.717) is 0 Å². The summed E-state index contributed by atoms with van der Waals surface area (Å²) in [6.45, 7) is -0.759. The number of aromatic nitrogens is 1. The molecule has 1 aromatic heterocycles. The first-order chi connectivity index (χ1) is 7.74. The van der Waals surface area contributed by atoms with Crippen LogP contribution in [0.1, 0.15) is 17.8 Å². The summed E-state index contributed by atoms with van der Waals surface area (Å²) in [5.41, 5.74) is -1.17. The van der Waals surface area contributed by atoms with Crippen molar-refractivity contribution < 1.29 is 31.8 Å². The van der Waals surface area contributed by atoms with Gasteiger partial charge in [-0.05, 0) is 22.6 Å². The number of halogens is 6. The minimum Gasteiger partial charge on any atom is -0.405 e. The number of hydrogen-bond acceptors (Lipinski definition) is 3. The highest BCUT2D eigenvalue weighted by molar-refractivity contribution is 14.1. The summed E-state index contributed by atoms with van der Waals surface area (Å²) >= 11 is 1.28. The van der Waals surface area contributed by atoms with E-state index < -0.39 is 34.4 Å². The molecule has 3 nitrogen and oxygen atoms in total. The first kappa shape index (κ1) is 14.4. The second kappa shape index (κ2) is 5.29. The minimum atomic E-state index is -4.99. The molecule has 0 fully saturated rings. The Morgan fingerprint density at radius 1 is 1.41 bits per heavy atom. The lowest BCUT2D eigenvalue weighted by atomic mass is 10.3. The summed E-state index contributed by atoms with van der Waals surface area (Å²) in [4.78, 5) is 3.33. The highest BCUT2D eigenvalue weighted by Gasteiger charge is 2.33. The number of aliphatic hydroxyl groups is 1. The monoisotopic (exact) mass is 369 g/mol. The molecule has 1 rings (SSSR count). The first-order valence-electron chi connectivity index (χ1n) is 4.08. The largest absolute Gasteiger partial charge is 0.573 e. The van der Waals surface area contributed by atoms with E-state index in [1.165, 1.54) is 22.6 Å². The molecule has 1 heterocycles. The zero-order valence-corrected chi connectivity index (χ0v) is 10.1. The van der Waals surface area contributed by atoms with Crippen molar-refractivity contribution in [2.45, 2.75) is 19.4 Å². The number of aliphatic hydroxyl groups excluding tert-OH is 1. The van der Waals surface area contributed by atoms with Gasteiger partial charge in [-0.3, -0.25) is 0 Å². The van der Waals surface area contributed by atoms with E-state index in [1.54, 1.807) is 0 Å². The van der Waals surface area contributed by atoms with Crippen LogP contribution in [-0.4, -0.2) is 16.5 Å². The van der Waals surface area contributed by atoms with Crippen molar-refractivity contribution in [3.8, 4) is 5.75 Å². The van der Waals surface area contributed by atoms with Crippen LogP contribution in [0.4, 0.5) is 22.0 Å². The molecule has 1 aromatic rings. The van der Waals surface area contributed by atoms with Crippen molar-refractivity contribution >= 4 is 22.6 Å². The second-order valence-electron chi connectivity index (χ2n) is 2.82. The van der Waals surface area contributed by atoms with Crippen molar-refractivity contribution in [2.24, 2.45) is 0 Å². The molecule has 9 heteroatoms. The molecule has 0 saturated heterocycles. The maximum absolute atomic E-state index is 12.5. The molecule has 0 atom stereocenters. The molecule has 0 unspecified atom stereocenters. The van der Waals surface area contributed by atoms with E-state index in [4.69, 9.17) is 5.11 Å². The summed E-state index contributed by atoms with van der Waals surface area (Å²) in [6, 6.07) is 0.765. The van der Waals surface area contributed by atoms with Crippen molar-refractivity contribution in [2.75, 3.05) is 0 Å². The highest BCUT2D eigenvalue weighted by Crippen LogP contribution is 2.33. The molecule has 17 heavy (non-hydrogen) atoms. The zero-order chi connectivity index (χ0) is 13.2. The molecule has 96 valence electrons. The van der Waals surface area contributed by atoms with Gasteiger partial charge in [0.2, 0.25) is 0 Å². The molecule has 0 saturated carbocycles. The van der Waals surface area contributed by atoms with Crippen molar-refractivity contribution in [1.82, 2.24) is 4.98 Å². The van der Waals surface area contributed by atoms with Gasteiger partial charge in [0.25, 0.3) is 6.43 Å². The Bertz CT molecular complexity index is 410. The van der Waals surface area contributed by atoms with Crippen molar-refractivity contribution in [3.63, 3.8) is 0 Å². The van der Waals surface area contributed by atoms with Crippen molar-refractivity contribution in [3.05, 3.63) is 21.0 Å².